The molecular weight excluding hydrogens is 1420 g/mol. The third kappa shape index (κ3) is 63.3. The normalized spacial score (nSPS) is 10.7. The standard InChI is InChI=1S/5C12H18.C11H15Cl.2C10H15N.C9H16N2.C9H14O/c5*1-10(2)7-8-12-6-4-5-11(3)9-12;1-9(2)7-8-10-5-3-4-6-11(10)12;1-9(2)5-6-10-4-3-7-11-8-10;1-9(2)6-7-10-5-3-4-8-11-10;1-8(2)4-5-9-6-7-11(3)10-9;1-8(2)5-6-9-4-3-7-10-9/h5*4-6,9-10H,7-8H2,1-3H3;3-6,9H,7-8H2,1-2H3;3-4,7-9H,5-6H2,1-2H3;3-5,8-9H,6-7H2,1-2H3;6-8H,4-5H2,1-3H3;3-4,7-8H,5-6H2,1-2H3. The number of furan rings is 1. The summed E-state index contributed by atoms with van der Waals surface area (Å²) in [6, 6.07) is 68.3. The van der Waals surface area contributed by atoms with E-state index < -0.39 is 0 Å². The molecule has 0 bridgehead atoms. The lowest BCUT2D eigenvalue weighted by atomic mass is 10.0. The molecule has 0 N–H and O–H groups in total. The molecule has 115 heavy (non-hydrogen) atoms. The van der Waals surface area contributed by atoms with Crippen LogP contribution >= 0.6 is 11.6 Å². The fourth-order valence-corrected chi connectivity index (χ4v) is 11.9. The van der Waals surface area contributed by atoms with Crippen molar-refractivity contribution in [1.29, 1.82) is 0 Å². The average molecular weight is 1580 g/mol. The molecule has 0 atom stereocenters. The van der Waals surface area contributed by atoms with Crippen LogP contribution < -0.4 is 0 Å². The van der Waals surface area contributed by atoms with Crippen molar-refractivity contribution in [2.45, 2.75) is 302 Å². The molecule has 0 unspecified atom stereocenters. The van der Waals surface area contributed by atoms with Gasteiger partial charge in [0.05, 0.1) is 12.0 Å². The molecule has 6 heteroatoms. The molecule has 4 heterocycles. The molecule has 4 aromatic heterocycles. The molecule has 6 aromatic carbocycles. The second kappa shape index (κ2) is 65.4. The van der Waals surface area contributed by atoms with E-state index in [2.05, 4.69) is 334 Å². The van der Waals surface area contributed by atoms with Gasteiger partial charge >= 0.3 is 0 Å². The quantitative estimate of drug-likeness (QED) is 0.0450. The molecule has 0 spiro atoms. The SMILES string of the molecule is CC(C)CCc1ccccc1Cl.CC(C)CCc1ccccn1.CC(C)CCc1cccnc1.CC(C)CCc1ccco1.CC(C)CCc1ccn(C)n1.Cc1cccc(CCC(C)C)c1.Cc1cccc(CCC(C)C)c1.Cc1cccc(CCC(C)C)c1.Cc1cccc(CCC(C)C)c1.Cc1cccc(CCC(C)C)c1. The molecular formula is C109H165ClN4O. The van der Waals surface area contributed by atoms with Gasteiger partial charge in [-0.3, -0.25) is 14.6 Å². The van der Waals surface area contributed by atoms with Crippen molar-refractivity contribution in [3.63, 3.8) is 0 Å². The van der Waals surface area contributed by atoms with Crippen molar-refractivity contribution in [1.82, 2.24) is 19.7 Å². The lowest BCUT2D eigenvalue weighted by Gasteiger charge is -2.05. The molecule has 0 aliphatic carbocycles. The van der Waals surface area contributed by atoms with Crippen molar-refractivity contribution in [2.75, 3.05) is 0 Å². The van der Waals surface area contributed by atoms with Crippen molar-refractivity contribution in [2.24, 2.45) is 66.2 Å². The predicted molar refractivity (Wildman–Crippen MR) is 509 cm³/mol. The lowest BCUT2D eigenvalue weighted by molar-refractivity contribution is 0.475. The van der Waals surface area contributed by atoms with Crippen molar-refractivity contribution in [3.8, 4) is 0 Å². The topological polar surface area (TPSA) is 56.7 Å². The van der Waals surface area contributed by atoms with Crippen LogP contribution in [0.25, 0.3) is 0 Å². The smallest absolute Gasteiger partial charge is 0.103 e. The number of halogens is 1. The summed E-state index contributed by atoms with van der Waals surface area (Å²) in [5.74, 6) is 9.02. The van der Waals surface area contributed by atoms with Gasteiger partial charge < -0.3 is 4.42 Å². The number of rotatable bonds is 30. The van der Waals surface area contributed by atoms with Crippen LogP contribution in [0.3, 0.4) is 0 Å². The van der Waals surface area contributed by atoms with Gasteiger partial charge in [0, 0.05) is 49.0 Å². The van der Waals surface area contributed by atoms with Crippen LogP contribution in [0.5, 0.6) is 0 Å². The first-order valence-corrected chi connectivity index (χ1v) is 44.8. The predicted octanol–water partition coefficient (Wildman–Crippen LogP) is 32.1. The van der Waals surface area contributed by atoms with E-state index in [4.69, 9.17) is 16.0 Å². The van der Waals surface area contributed by atoms with Crippen LogP contribution in [0.1, 0.15) is 287 Å². The van der Waals surface area contributed by atoms with Crippen molar-refractivity contribution in [3.05, 3.63) is 314 Å². The largest absolute Gasteiger partial charge is 0.469 e. The molecule has 0 aliphatic heterocycles. The molecule has 10 rings (SSSR count). The molecule has 0 aliphatic rings. The highest BCUT2D eigenvalue weighted by molar-refractivity contribution is 6.31. The first-order chi connectivity index (χ1) is 54.7. The highest BCUT2D eigenvalue weighted by Crippen LogP contribution is 2.20. The number of hydrogen-bond acceptors (Lipinski definition) is 4. The molecule has 10 aromatic rings. The highest BCUT2D eigenvalue weighted by Gasteiger charge is 2.05. The van der Waals surface area contributed by atoms with Gasteiger partial charge in [0.15, 0.2) is 0 Å². The maximum Gasteiger partial charge on any atom is 0.103 e. The average Bonchev–Trinajstić information content (AvgIpc) is 1.90. The van der Waals surface area contributed by atoms with E-state index in [1.54, 1.807) is 6.26 Å². The minimum absolute atomic E-state index is 0.751. The van der Waals surface area contributed by atoms with E-state index in [9.17, 15) is 0 Å². The Balaban J connectivity index is 0.000000639. The number of aromatic nitrogens is 4. The minimum atomic E-state index is 0.751. The summed E-state index contributed by atoms with van der Waals surface area (Å²) >= 11 is 6.01. The van der Waals surface area contributed by atoms with Crippen LogP contribution in [-0.4, -0.2) is 19.7 Å². The van der Waals surface area contributed by atoms with Gasteiger partial charge in [-0.15, -0.1) is 0 Å². The minimum Gasteiger partial charge on any atom is -0.469 e. The van der Waals surface area contributed by atoms with Gasteiger partial charge in [0.1, 0.15) is 5.76 Å². The van der Waals surface area contributed by atoms with Gasteiger partial charge in [-0.2, -0.15) is 5.10 Å². The van der Waals surface area contributed by atoms with Gasteiger partial charge in [0.2, 0.25) is 0 Å². The zero-order chi connectivity index (χ0) is 85.7. The van der Waals surface area contributed by atoms with E-state index in [1.807, 2.05) is 85.0 Å². The first-order valence-electron chi connectivity index (χ1n) is 44.5. The maximum absolute atomic E-state index is 6.01. The zero-order valence-electron chi connectivity index (χ0n) is 77.9. The van der Waals surface area contributed by atoms with Crippen molar-refractivity contribution < 1.29 is 4.42 Å². The van der Waals surface area contributed by atoms with Crippen LogP contribution in [-0.2, 0) is 71.3 Å². The lowest BCUT2D eigenvalue weighted by Crippen LogP contribution is -1.94. The van der Waals surface area contributed by atoms with E-state index in [-0.39, 0.29) is 0 Å². The maximum atomic E-state index is 6.01. The second-order valence-electron chi connectivity index (χ2n) is 36.1. The third-order valence-corrected chi connectivity index (χ3v) is 19.5. The molecule has 0 radical (unpaired) electrons. The Morgan fingerprint density at radius 3 is 0.913 bits per heavy atom. The van der Waals surface area contributed by atoms with Crippen LogP contribution in [0, 0.1) is 93.8 Å². The van der Waals surface area contributed by atoms with Crippen LogP contribution in [0.15, 0.2) is 230 Å². The summed E-state index contributed by atoms with van der Waals surface area (Å²) in [5.41, 5.74) is 19.3. The van der Waals surface area contributed by atoms with E-state index in [0.29, 0.717) is 0 Å². The third-order valence-electron chi connectivity index (χ3n) is 19.1. The first kappa shape index (κ1) is 105. The summed E-state index contributed by atoms with van der Waals surface area (Å²) in [4.78, 5) is 8.31. The summed E-state index contributed by atoms with van der Waals surface area (Å²) in [5, 5.41) is 5.20. The van der Waals surface area contributed by atoms with E-state index in [0.717, 1.165) is 102 Å². The molecule has 0 saturated heterocycles. The number of pyridine rings is 2. The Kier molecular flexibility index (Phi) is 60.0. The molecule has 5 nitrogen and oxygen atoms in total. The summed E-state index contributed by atoms with van der Waals surface area (Å²) < 4.78 is 7.04. The highest BCUT2D eigenvalue weighted by atomic mass is 35.5. The number of aryl methyl sites for hydroxylation is 16. The van der Waals surface area contributed by atoms with Crippen LogP contribution in [0.4, 0.5) is 0 Å². The molecule has 0 amide bonds. The summed E-state index contributed by atoms with van der Waals surface area (Å²) in [6.45, 7) is 55.9. The Bertz CT molecular complexity index is 3510. The second-order valence-corrected chi connectivity index (χ2v) is 36.5. The molecule has 0 saturated carbocycles. The Labute approximate surface area is 713 Å². The van der Waals surface area contributed by atoms with E-state index in [1.165, 1.54) is 174 Å². The van der Waals surface area contributed by atoms with Gasteiger partial charge in [0.25, 0.3) is 0 Å². The van der Waals surface area contributed by atoms with Gasteiger partial charge in [-0.1, -0.05) is 330 Å². The number of nitrogens with zero attached hydrogens (tertiary/aromatic N) is 4. The Morgan fingerprint density at radius 1 is 0.296 bits per heavy atom. The summed E-state index contributed by atoms with van der Waals surface area (Å²) in [7, 11) is 1.96. The number of hydrogen-bond donors (Lipinski definition) is 0. The molecule has 634 valence electrons. The monoisotopic (exact) mass is 1580 g/mol. The van der Waals surface area contributed by atoms with Crippen LogP contribution in [0.2, 0.25) is 5.02 Å². The molecule has 0 fully saturated rings. The van der Waals surface area contributed by atoms with Gasteiger partial charge in [-0.25, -0.2) is 0 Å². The van der Waals surface area contributed by atoms with Crippen molar-refractivity contribution >= 4 is 11.6 Å². The fraction of sp³-hybridized carbons (Fsp3) is 0.514. The number of benzene rings is 6. The summed E-state index contributed by atoms with van der Waals surface area (Å²) in [6.07, 6.45) is 33.6. The zero-order valence-corrected chi connectivity index (χ0v) is 78.6. The van der Waals surface area contributed by atoms with E-state index >= 15 is 0 Å². The fourth-order valence-electron chi connectivity index (χ4n) is 11.7. The Hall–Kier alpha value is -7.60. The Morgan fingerprint density at radius 2 is 0.617 bits per heavy atom. The van der Waals surface area contributed by atoms with Gasteiger partial charge in [-0.05, 0) is 297 Å².